The second kappa shape index (κ2) is 14.0. The number of aldehydes is 1. The van der Waals surface area contributed by atoms with Gasteiger partial charge < -0.3 is 4.79 Å². The zero-order valence-electron chi connectivity index (χ0n) is 15.6. The van der Waals surface area contributed by atoms with Gasteiger partial charge in [0.2, 0.25) is 0 Å². The van der Waals surface area contributed by atoms with Gasteiger partial charge in [0.15, 0.2) is 0 Å². The van der Waals surface area contributed by atoms with Crippen LogP contribution < -0.4 is 0 Å². The number of unbranched alkanes of at least 4 members (excludes halogenated alkanes) is 11. The van der Waals surface area contributed by atoms with Gasteiger partial charge in [-0.1, -0.05) is 90.0 Å². The molecule has 0 amide bonds. The molecular weight excluding hydrogens is 268 g/mol. The molecule has 0 aliphatic rings. The maximum atomic E-state index is 10.8. The van der Waals surface area contributed by atoms with Gasteiger partial charge in [0.1, 0.15) is 6.29 Å². The van der Waals surface area contributed by atoms with Crippen LogP contribution in [0.3, 0.4) is 0 Å². The van der Waals surface area contributed by atoms with Gasteiger partial charge in [-0.2, -0.15) is 0 Å². The molecule has 0 unspecified atom stereocenters. The molecule has 0 atom stereocenters. The van der Waals surface area contributed by atoms with Crippen LogP contribution in [0.15, 0.2) is 12.2 Å². The summed E-state index contributed by atoms with van der Waals surface area (Å²) in [5.74, 6) is 0. The number of hydrogen-bond donors (Lipinski definition) is 0. The van der Waals surface area contributed by atoms with Crippen molar-refractivity contribution in [2.45, 2.75) is 111 Å². The van der Waals surface area contributed by atoms with Crippen LogP contribution in [0.25, 0.3) is 0 Å². The third-order valence-electron chi connectivity index (χ3n) is 4.49. The van der Waals surface area contributed by atoms with E-state index in [2.05, 4.69) is 13.5 Å². The zero-order chi connectivity index (χ0) is 16.7. The number of hydrogen-bond acceptors (Lipinski definition) is 1. The largest absolute Gasteiger partial charge is 0.303 e. The van der Waals surface area contributed by atoms with Crippen LogP contribution in [-0.4, -0.2) is 6.29 Å². The van der Waals surface area contributed by atoms with E-state index in [-0.39, 0.29) is 5.41 Å². The van der Waals surface area contributed by atoms with E-state index in [1.807, 2.05) is 13.8 Å². The average molecular weight is 309 g/mol. The fraction of sp³-hybridized carbons (Fsp3) is 0.857. The van der Waals surface area contributed by atoms with Crippen molar-refractivity contribution in [1.82, 2.24) is 0 Å². The first-order valence-corrected chi connectivity index (χ1v) is 9.59. The Morgan fingerprint density at radius 3 is 1.50 bits per heavy atom. The van der Waals surface area contributed by atoms with Crippen molar-refractivity contribution < 1.29 is 4.79 Å². The Morgan fingerprint density at radius 1 is 0.773 bits per heavy atom. The molecule has 0 rings (SSSR count). The summed E-state index contributed by atoms with van der Waals surface area (Å²) in [4.78, 5) is 10.8. The number of rotatable bonds is 16. The van der Waals surface area contributed by atoms with Crippen molar-refractivity contribution in [3.8, 4) is 0 Å². The van der Waals surface area contributed by atoms with Crippen LogP contribution in [0.2, 0.25) is 0 Å². The van der Waals surface area contributed by atoms with Crippen LogP contribution >= 0.6 is 0 Å². The first kappa shape index (κ1) is 21.4. The molecule has 0 aromatic carbocycles. The van der Waals surface area contributed by atoms with Gasteiger partial charge in [-0.05, 0) is 26.2 Å². The van der Waals surface area contributed by atoms with E-state index in [9.17, 15) is 4.79 Å². The highest BCUT2D eigenvalue weighted by molar-refractivity contribution is 5.57. The Balaban J connectivity index is 3.12. The van der Waals surface area contributed by atoms with E-state index in [1.165, 1.54) is 89.0 Å². The van der Waals surface area contributed by atoms with Gasteiger partial charge >= 0.3 is 0 Å². The molecule has 0 aromatic heterocycles. The fourth-order valence-corrected chi connectivity index (χ4v) is 2.83. The third kappa shape index (κ3) is 15.8. The minimum atomic E-state index is -0.107. The number of carbonyl (C=O) groups excluding carboxylic acids is 1. The summed E-state index contributed by atoms with van der Waals surface area (Å²) in [5.41, 5.74) is 1.22. The van der Waals surface area contributed by atoms with Crippen molar-refractivity contribution in [2.75, 3.05) is 0 Å². The predicted octanol–water partition coefficient (Wildman–Crippen LogP) is 7.25. The molecule has 22 heavy (non-hydrogen) atoms. The van der Waals surface area contributed by atoms with Gasteiger partial charge in [0.05, 0.1) is 0 Å². The molecule has 1 heteroatoms. The standard InChI is InChI=1S/C21H40O/c1-20(2)17-15-13-11-9-7-5-6-8-10-12-14-16-18-21(3,4)19-22/h19H,1,5-18H2,2-4H3. The smallest absolute Gasteiger partial charge is 0.125 e. The van der Waals surface area contributed by atoms with Crippen molar-refractivity contribution in [1.29, 1.82) is 0 Å². The summed E-state index contributed by atoms with van der Waals surface area (Å²) in [6.07, 6.45) is 19.7. The Morgan fingerprint density at radius 2 is 1.14 bits per heavy atom. The molecule has 0 radical (unpaired) electrons. The topological polar surface area (TPSA) is 17.1 Å². The summed E-state index contributed by atoms with van der Waals surface area (Å²) in [5, 5.41) is 0. The van der Waals surface area contributed by atoms with Gasteiger partial charge in [-0.15, -0.1) is 6.58 Å². The molecule has 0 fully saturated rings. The second-order valence-corrected chi connectivity index (χ2v) is 7.81. The minimum absolute atomic E-state index is 0.107. The first-order chi connectivity index (χ1) is 10.5. The van der Waals surface area contributed by atoms with Crippen LogP contribution in [0, 0.1) is 5.41 Å². The molecule has 0 aliphatic heterocycles. The molecule has 0 heterocycles. The summed E-state index contributed by atoms with van der Waals surface area (Å²) in [6.45, 7) is 10.2. The van der Waals surface area contributed by atoms with E-state index in [0.717, 1.165) is 12.7 Å². The lowest BCUT2D eigenvalue weighted by atomic mass is 9.88. The second-order valence-electron chi connectivity index (χ2n) is 7.81. The van der Waals surface area contributed by atoms with E-state index >= 15 is 0 Å². The van der Waals surface area contributed by atoms with Crippen LogP contribution in [-0.2, 0) is 4.79 Å². The van der Waals surface area contributed by atoms with Gasteiger partial charge in [0.25, 0.3) is 0 Å². The third-order valence-corrected chi connectivity index (χ3v) is 4.49. The normalized spacial score (nSPS) is 11.6. The molecule has 0 spiro atoms. The quantitative estimate of drug-likeness (QED) is 0.167. The highest BCUT2D eigenvalue weighted by Gasteiger charge is 2.14. The van der Waals surface area contributed by atoms with E-state index < -0.39 is 0 Å². The Bertz CT molecular complexity index is 278. The molecule has 0 aromatic rings. The molecule has 0 aliphatic carbocycles. The lowest BCUT2D eigenvalue weighted by molar-refractivity contribution is -0.115. The molecule has 130 valence electrons. The fourth-order valence-electron chi connectivity index (χ4n) is 2.83. The van der Waals surface area contributed by atoms with Crippen LogP contribution in [0.5, 0.6) is 0 Å². The Labute approximate surface area is 140 Å². The first-order valence-electron chi connectivity index (χ1n) is 9.59. The Hall–Kier alpha value is -0.590. The average Bonchev–Trinajstić information content (AvgIpc) is 2.47. The Kier molecular flexibility index (Phi) is 13.7. The monoisotopic (exact) mass is 308 g/mol. The molecule has 0 N–H and O–H groups in total. The van der Waals surface area contributed by atoms with Crippen LogP contribution in [0.4, 0.5) is 0 Å². The lowest BCUT2D eigenvalue weighted by Gasteiger charge is -2.15. The van der Waals surface area contributed by atoms with E-state index in [4.69, 9.17) is 0 Å². The molecule has 0 saturated carbocycles. The molecule has 1 nitrogen and oxygen atoms in total. The van der Waals surface area contributed by atoms with Crippen molar-refractivity contribution in [3.63, 3.8) is 0 Å². The highest BCUT2D eigenvalue weighted by Crippen LogP contribution is 2.21. The van der Waals surface area contributed by atoms with Gasteiger partial charge in [-0.3, -0.25) is 0 Å². The number of carbonyl (C=O) groups is 1. The van der Waals surface area contributed by atoms with Gasteiger partial charge in [-0.25, -0.2) is 0 Å². The van der Waals surface area contributed by atoms with Gasteiger partial charge in [0, 0.05) is 5.41 Å². The minimum Gasteiger partial charge on any atom is -0.303 e. The zero-order valence-corrected chi connectivity index (χ0v) is 15.6. The molecular formula is C21H40O. The number of allylic oxidation sites excluding steroid dienone is 1. The predicted molar refractivity (Wildman–Crippen MR) is 99.3 cm³/mol. The summed E-state index contributed by atoms with van der Waals surface area (Å²) in [6, 6.07) is 0. The summed E-state index contributed by atoms with van der Waals surface area (Å²) in [7, 11) is 0. The van der Waals surface area contributed by atoms with E-state index in [0.29, 0.717) is 0 Å². The van der Waals surface area contributed by atoms with Crippen LogP contribution in [0.1, 0.15) is 111 Å². The summed E-state index contributed by atoms with van der Waals surface area (Å²) >= 11 is 0. The lowest BCUT2D eigenvalue weighted by Crippen LogP contribution is -2.12. The van der Waals surface area contributed by atoms with Crippen molar-refractivity contribution >= 4 is 6.29 Å². The molecule has 0 bridgehead atoms. The highest BCUT2D eigenvalue weighted by atomic mass is 16.1. The SMILES string of the molecule is C=C(C)CCCCCCCCCCCCCCC(C)(C)C=O. The van der Waals surface area contributed by atoms with Crippen molar-refractivity contribution in [2.24, 2.45) is 5.41 Å². The maximum absolute atomic E-state index is 10.8. The van der Waals surface area contributed by atoms with Crippen molar-refractivity contribution in [3.05, 3.63) is 12.2 Å². The van der Waals surface area contributed by atoms with E-state index in [1.54, 1.807) is 0 Å². The maximum Gasteiger partial charge on any atom is 0.125 e. The molecule has 0 saturated heterocycles. The summed E-state index contributed by atoms with van der Waals surface area (Å²) < 4.78 is 0.